The molecule has 2 saturated carbocycles. The molecule has 1 aromatic carbocycles. The Labute approximate surface area is 197 Å². The molecule has 4 aliphatic rings. The fourth-order valence-electron chi connectivity index (χ4n) is 6.25. The third kappa shape index (κ3) is 3.55. The van der Waals surface area contributed by atoms with Crippen molar-refractivity contribution in [1.82, 2.24) is 4.98 Å². The van der Waals surface area contributed by atoms with Crippen LogP contribution in [0.1, 0.15) is 49.3 Å². The molecule has 6 rings (SSSR count). The van der Waals surface area contributed by atoms with Crippen molar-refractivity contribution in [2.24, 2.45) is 11.8 Å². The van der Waals surface area contributed by atoms with Crippen LogP contribution < -0.4 is 10.2 Å². The number of hydrogen-bond donors (Lipinski definition) is 2. The van der Waals surface area contributed by atoms with Crippen molar-refractivity contribution in [1.29, 1.82) is 0 Å². The molecular weight excluding hydrogens is 442 g/mol. The fourth-order valence-corrected chi connectivity index (χ4v) is 7.72. The first-order chi connectivity index (χ1) is 15.5. The first-order valence-corrected chi connectivity index (χ1v) is 13.5. The Morgan fingerprint density at radius 1 is 1.19 bits per heavy atom. The van der Waals surface area contributed by atoms with Gasteiger partial charge in [-0.3, -0.25) is 4.21 Å². The maximum atomic E-state index is 12.7. The fraction of sp³-hybridized carbons (Fsp3) is 0.560. The minimum atomic E-state index is -1.00. The van der Waals surface area contributed by atoms with E-state index in [9.17, 15) is 9.32 Å². The van der Waals surface area contributed by atoms with E-state index in [0.717, 1.165) is 65.9 Å². The highest BCUT2D eigenvalue weighted by molar-refractivity contribution is 7.85. The van der Waals surface area contributed by atoms with Gasteiger partial charge in [0, 0.05) is 36.4 Å². The number of fused-ring (bicyclic) bond motifs is 2. The Bertz CT molecular complexity index is 1040. The first kappa shape index (κ1) is 20.9. The van der Waals surface area contributed by atoms with Crippen molar-refractivity contribution < 1.29 is 9.32 Å². The summed E-state index contributed by atoms with van der Waals surface area (Å²) >= 11 is 6.07. The summed E-state index contributed by atoms with van der Waals surface area (Å²) in [5.74, 6) is 3.66. The molecule has 0 bridgehead atoms. The van der Waals surface area contributed by atoms with Gasteiger partial charge in [0.1, 0.15) is 5.82 Å². The minimum absolute atomic E-state index is 0.117. The van der Waals surface area contributed by atoms with E-state index >= 15 is 0 Å². The Morgan fingerprint density at radius 2 is 1.91 bits per heavy atom. The van der Waals surface area contributed by atoms with Crippen molar-refractivity contribution in [3.05, 3.63) is 46.6 Å². The molecule has 2 aliphatic carbocycles. The molecule has 170 valence electrons. The molecule has 0 spiro atoms. The quantitative estimate of drug-likeness (QED) is 0.678. The number of aromatic nitrogens is 1. The van der Waals surface area contributed by atoms with Gasteiger partial charge in [-0.1, -0.05) is 23.7 Å². The molecule has 7 heteroatoms. The summed E-state index contributed by atoms with van der Waals surface area (Å²) in [4.78, 5) is 8.28. The summed E-state index contributed by atoms with van der Waals surface area (Å²) in [7, 11) is -1.00. The molecule has 3 atom stereocenters. The number of nitrogens with one attached hydrogen (secondary N) is 1. The molecular formula is C25H30ClN3O2S. The minimum Gasteiger partial charge on any atom is -0.394 e. The smallest absolute Gasteiger partial charge is 0.130 e. The van der Waals surface area contributed by atoms with Gasteiger partial charge in [0.25, 0.3) is 0 Å². The van der Waals surface area contributed by atoms with Crippen LogP contribution in [-0.4, -0.2) is 45.3 Å². The lowest BCUT2D eigenvalue weighted by molar-refractivity contribution is 0.144. The van der Waals surface area contributed by atoms with E-state index in [2.05, 4.69) is 28.4 Å². The number of aliphatic hydroxyl groups excluding tert-OH is 1. The zero-order valence-corrected chi connectivity index (χ0v) is 19.8. The topological polar surface area (TPSA) is 65.5 Å². The number of benzene rings is 1. The highest BCUT2D eigenvalue weighted by atomic mass is 35.5. The average Bonchev–Trinajstić information content (AvgIpc) is 3.44. The van der Waals surface area contributed by atoms with Gasteiger partial charge in [0.2, 0.25) is 0 Å². The van der Waals surface area contributed by atoms with E-state index in [-0.39, 0.29) is 12.1 Å². The predicted molar refractivity (Wildman–Crippen MR) is 129 cm³/mol. The second-order valence-electron chi connectivity index (χ2n) is 10.2. The number of pyridine rings is 1. The van der Waals surface area contributed by atoms with Crippen molar-refractivity contribution in [3.8, 4) is 0 Å². The van der Waals surface area contributed by atoms with Gasteiger partial charge in [0.15, 0.2) is 0 Å². The van der Waals surface area contributed by atoms with Gasteiger partial charge < -0.3 is 15.3 Å². The third-order valence-electron chi connectivity index (χ3n) is 8.21. The Kier molecular flexibility index (Phi) is 5.23. The first-order valence-electron chi connectivity index (χ1n) is 11.9. The van der Waals surface area contributed by atoms with E-state index in [0.29, 0.717) is 23.5 Å². The standard InChI is InChI=1S/C25H30ClN3O2S/c26-20-4-2-16(3-5-20)17-10-18-13-29(14-19(18)11-17)23-12-22(28-25(15-30)7-1-8-25)24-21(27-23)6-9-32(24)31/h2-5,12,17-19,30H,1,6-11,13-15H2,(H,27,28)/t17?,18?,19?,32-/m1/s1. The molecule has 1 aromatic heterocycles. The number of rotatable bonds is 5. The Hall–Kier alpha value is -1.63. The van der Waals surface area contributed by atoms with Gasteiger partial charge in [-0.25, -0.2) is 4.98 Å². The van der Waals surface area contributed by atoms with Crippen LogP contribution in [0.5, 0.6) is 0 Å². The Morgan fingerprint density at radius 3 is 2.53 bits per heavy atom. The maximum absolute atomic E-state index is 12.7. The maximum Gasteiger partial charge on any atom is 0.130 e. The van der Waals surface area contributed by atoms with Crippen LogP contribution in [0.4, 0.5) is 11.5 Å². The van der Waals surface area contributed by atoms with Gasteiger partial charge in [-0.05, 0) is 67.6 Å². The van der Waals surface area contributed by atoms with Crippen LogP contribution in [0.2, 0.25) is 5.02 Å². The van der Waals surface area contributed by atoms with Crippen LogP contribution >= 0.6 is 11.6 Å². The number of nitrogens with zero attached hydrogens (tertiary/aromatic N) is 2. The van der Waals surface area contributed by atoms with E-state index in [1.807, 2.05) is 12.1 Å². The predicted octanol–water partition coefficient (Wildman–Crippen LogP) is 4.36. The zero-order valence-electron chi connectivity index (χ0n) is 18.2. The van der Waals surface area contributed by atoms with Gasteiger partial charge in [-0.2, -0.15) is 0 Å². The number of hydrogen-bond acceptors (Lipinski definition) is 5. The van der Waals surface area contributed by atoms with Crippen molar-refractivity contribution in [2.75, 3.05) is 35.7 Å². The lowest BCUT2D eigenvalue weighted by Gasteiger charge is -2.42. The summed E-state index contributed by atoms with van der Waals surface area (Å²) in [6.45, 7) is 2.19. The summed E-state index contributed by atoms with van der Waals surface area (Å²) in [6.07, 6.45) is 6.26. The summed E-state index contributed by atoms with van der Waals surface area (Å²) in [5.41, 5.74) is 3.07. The second kappa shape index (κ2) is 8.00. The summed E-state index contributed by atoms with van der Waals surface area (Å²) in [6, 6.07) is 10.5. The summed E-state index contributed by atoms with van der Waals surface area (Å²) in [5, 5.41) is 14.4. The number of aliphatic hydroxyl groups is 1. The SMILES string of the molecule is O=[S@@]1CCc2nc(N3CC4CC(c5ccc(Cl)cc5)CC4C3)cc(NC3(CO)CCC3)c21. The normalized spacial score (nSPS) is 30.1. The Balaban J connectivity index is 1.22. The lowest BCUT2D eigenvalue weighted by atomic mass is 9.77. The zero-order chi connectivity index (χ0) is 21.9. The number of anilines is 2. The molecule has 2 unspecified atom stereocenters. The monoisotopic (exact) mass is 471 g/mol. The number of halogens is 1. The van der Waals surface area contributed by atoms with Crippen LogP contribution in [-0.2, 0) is 17.2 Å². The van der Waals surface area contributed by atoms with Gasteiger partial charge >= 0.3 is 0 Å². The largest absolute Gasteiger partial charge is 0.394 e. The van der Waals surface area contributed by atoms with E-state index in [4.69, 9.17) is 16.6 Å². The highest BCUT2D eigenvalue weighted by Gasteiger charge is 2.43. The lowest BCUT2D eigenvalue weighted by Crippen LogP contribution is -2.48. The van der Waals surface area contributed by atoms with Crippen molar-refractivity contribution in [3.63, 3.8) is 0 Å². The molecule has 32 heavy (non-hydrogen) atoms. The average molecular weight is 472 g/mol. The summed E-state index contributed by atoms with van der Waals surface area (Å²) < 4.78 is 12.7. The number of aryl methyl sites for hydroxylation is 1. The van der Waals surface area contributed by atoms with Gasteiger partial charge in [-0.15, -0.1) is 0 Å². The molecule has 0 amide bonds. The molecule has 3 heterocycles. The molecule has 1 saturated heterocycles. The molecule has 3 fully saturated rings. The van der Waals surface area contributed by atoms with E-state index in [1.54, 1.807) is 0 Å². The van der Waals surface area contributed by atoms with Crippen LogP contribution in [0.25, 0.3) is 0 Å². The molecule has 0 radical (unpaired) electrons. The van der Waals surface area contributed by atoms with Crippen molar-refractivity contribution >= 4 is 33.9 Å². The van der Waals surface area contributed by atoms with E-state index < -0.39 is 10.8 Å². The van der Waals surface area contributed by atoms with Gasteiger partial charge in [0.05, 0.1) is 39.2 Å². The van der Waals surface area contributed by atoms with Crippen LogP contribution in [0, 0.1) is 11.8 Å². The van der Waals surface area contributed by atoms with Crippen molar-refractivity contribution in [2.45, 2.75) is 54.9 Å². The second-order valence-corrected chi connectivity index (χ2v) is 12.1. The third-order valence-corrected chi connectivity index (χ3v) is 9.95. The molecule has 2 aliphatic heterocycles. The van der Waals surface area contributed by atoms with Crippen LogP contribution in [0.15, 0.2) is 35.2 Å². The van der Waals surface area contributed by atoms with E-state index in [1.165, 1.54) is 18.4 Å². The molecule has 2 N–H and O–H groups in total. The highest BCUT2D eigenvalue weighted by Crippen LogP contribution is 2.48. The van der Waals surface area contributed by atoms with Crippen LogP contribution in [0.3, 0.4) is 0 Å². The molecule has 2 aromatic rings. The molecule has 5 nitrogen and oxygen atoms in total.